The second kappa shape index (κ2) is 9.01. The second-order valence-electron chi connectivity index (χ2n) is 11.6. The van der Waals surface area contributed by atoms with Crippen molar-refractivity contribution >= 4 is 61.9 Å². The highest BCUT2D eigenvalue weighted by Crippen LogP contribution is 2.52. The topological polar surface area (TPSA) is 34.0 Å². The van der Waals surface area contributed by atoms with E-state index in [2.05, 4.69) is 90.6 Å². The summed E-state index contributed by atoms with van der Waals surface area (Å²) in [6.45, 7) is 5.02. The van der Waals surface area contributed by atoms with Crippen LogP contribution in [0.5, 0.6) is 0 Å². The number of carbonyl (C=O) groups is 1. The zero-order valence-corrected chi connectivity index (χ0v) is 23.4. The third kappa shape index (κ3) is 4.07. The molecule has 0 saturated carbocycles. The van der Waals surface area contributed by atoms with Gasteiger partial charge < -0.3 is 9.88 Å². The van der Waals surface area contributed by atoms with Crippen LogP contribution in [0.15, 0.2) is 90.6 Å². The van der Waals surface area contributed by atoms with E-state index >= 15 is 0 Å². The first-order chi connectivity index (χ1) is 18.8. The monoisotopic (exact) mass is 550 g/mol. The molecule has 1 aliphatic carbocycles. The molecule has 0 fully saturated rings. The maximum absolute atomic E-state index is 13.9. The number of rotatable bonds is 3. The molecule has 1 aromatic heterocycles. The van der Waals surface area contributed by atoms with Crippen LogP contribution in [0.1, 0.15) is 49.4 Å². The number of fused-ring (bicyclic) bond motifs is 5. The van der Waals surface area contributed by atoms with Crippen LogP contribution in [0, 0.1) is 5.41 Å². The Kier molecular flexibility index (Phi) is 5.66. The summed E-state index contributed by atoms with van der Waals surface area (Å²) >= 11 is 12.7. The first-order valence-electron chi connectivity index (χ1n) is 13.4. The van der Waals surface area contributed by atoms with Crippen molar-refractivity contribution in [3.8, 4) is 0 Å². The number of benzene rings is 4. The molecule has 1 N–H and O–H groups in total. The average molecular weight is 552 g/mol. The third-order valence-corrected chi connectivity index (χ3v) is 8.81. The predicted octanol–water partition coefficient (Wildman–Crippen LogP) is 9.46. The van der Waals surface area contributed by atoms with Gasteiger partial charge in [0.1, 0.15) is 0 Å². The first kappa shape index (κ1) is 24.5. The summed E-state index contributed by atoms with van der Waals surface area (Å²) < 4.78 is 2.23. The minimum Gasteiger partial charge on any atom is -0.373 e. The molecule has 4 aromatic carbocycles. The number of carbonyl (C=O) groups excluding carboxylic acids is 1. The van der Waals surface area contributed by atoms with Gasteiger partial charge in [0, 0.05) is 62.5 Å². The molecule has 194 valence electrons. The normalized spacial score (nSPS) is 18.3. The van der Waals surface area contributed by atoms with Crippen molar-refractivity contribution in [1.82, 2.24) is 4.57 Å². The number of hydrogen-bond acceptors (Lipinski definition) is 2. The van der Waals surface area contributed by atoms with E-state index in [1.165, 1.54) is 21.9 Å². The van der Waals surface area contributed by atoms with Crippen LogP contribution >= 0.6 is 23.2 Å². The van der Waals surface area contributed by atoms with E-state index in [1.807, 2.05) is 12.1 Å². The highest BCUT2D eigenvalue weighted by molar-refractivity contribution is 6.35. The smallest absolute Gasteiger partial charge is 0.162 e. The molecule has 0 spiro atoms. The Labute approximate surface area is 238 Å². The van der Waals surface area contributed by atoms with Crippen molar-refractivity contribution in [2.75, 3.05) is 5.32 Å². The lowest BCUT2D eigenvalue weighted by molar-refractivity contribution is -0.118. The van der Waals surface area contributed by atoms with E-state index in [-0.39, 0.29) is 17.2 Å². The molecule has 39 heavy (non-hydrogen) atoms. The molecule has 0 unspecified atom stereocenters. The van der Waals surface area contributed by atoms with E-state index in [1.54, 1.807) is 6.07 Å². The first-order valence-corrected chi connectivity index (χ1v) is 14.1. The van der Waals surface area contributed by atoms with Crippen LogP contribution in [0.2, 0.25) is 10.0 Å². The number of Topliss-reactive ketones (excluding diaryl/α,β-unsaturated/α-hetero) is 1. The van der Waals surface area contributed by atoms with Crippen LogP contribution < -0.4 is 5.32 Å². The van der Waals surface area contributed by atoms with E-state index in [4.69, 9.17) is 23.2 Å². The lowest BCUT2D eigenvalue weighted by atomic mass is 9.68. The number of anilines is 1. The average Bonchev–Trinajstić information content (AvgIpc) is 3.27. The molecule has 0 amide bonds. The summed E-state index contributed by atoms with van der Waals surface area (Å²) in [6.07, 6.45) is 3.60. The quantitative estimate of drug-likeness (QED) is 0.242. The van der Waals surface area contributed by atoms with Crippen LogP contribution in [-0.4, -0.2) is 10.4 Å². The van der Waals surface area contributed by atoms with Gasteiger partial charge in [-0.15, -0.1) is 0 Å². The predicted molar refractivity (Wildman–Crippen MR) is 163 cm³/mol. The number of para-hydroxylation sites is 1. The maximum Gasteiger partial charge on any atom is 0.162 e. The van der Waals surface area contributed by atoms with Crippen LogP contribution in [0.25, 0.3) is 27.2 Å². The Morgan fingerprint density at radius 1 is 0.923 bits per heavy atom. The van der Waals surface area contributed by atoms with Crippen molar-refractivity contribution in [3.63, 3.8) is 0 Å². The van der Waals surface area contributed by atoms with Gasteiger partial charge >= 0.3 is 0 Å². The number of nitrogens with zero attached hydrogens (tertiary/aromatic N) is 1. The highest BCUT2D eigenvalue weighted by Gasteiger charge is 2.41. The Morgan fingerprint density at radius 3 is 2.51 bits per heavy atom. The molecule has 0 bridgehead atoms. The summed E-state index contributed by atoms with van der Waals surface area (Å²) in [6, 6.07) is 26.6. The van der Waals surface area contributed by atoms with Gasteiger partial charge in [0.2, 0.25) is 0 Å². The number of halogens is 2. The maximum atomic E-state index is 13.9. The Morgan fingerprint density at radius 2 is 1.69 bits per heavy atom. The number of aromatic nitrogens is 1. The fourth-order valence-corrected chi connectivity index (χ4v) is 7.01. The lowest BCUT2D eigenvalue weighted by Gasteiger charge is -2.40. The Balaban J connectivity index is 1.44. The summed E-state index contributed by atoms with van der Waals surface area (Å²) in [7, 11) is 0. The molecule has 2 heterocycles. The van der Waals surface area contributed by atoms with Crippen LogP contribution in [-0.2, 0) is 11.3 Å². The van der Waals surface area contributed by atoms with E-state index in [0.29, 0.717) is 23.0 Å². The van der Waals surface area contributed by atoms with Gasteiger partial charge in [-0.05, 0) is 58.0 Å². The van der Waals surface area contributed by atoms with Crippen molar-refractivity contribution in [1.29, 1.82) is 0 Å². The van der Waals surface area contributed by atoms with Crippen molar-refractivity contribution in [3.05, 3.63) is 117 Å². The van der Waals surface area contributed by atoms with E-state index in [0.717, 1.165) is 39.7 Å². The van der Waals surface area contributed by atoms with Crippen molar-refractivity contribution in [2.24, 2.45) is 5.41 Å². The fraction of sp³-hybridized carbons (Fsp3) is 0.206. The number of hydrogen-bond donors (Lipinski definition) is 1. The van der Waals surface area contributed by atoms with Gasteiger partial charge in [0.05, 0.1) is 6.04 Å². The minimum atomic E-state index is -0.232. The largest absolute Gasteiger partial charge is 0.373 e. The van der Waals surface area contributed by atoms with Crippen molar-refractivity contribution in [2.45, 2.75) is 39.3 Å². The van der Waals surface area contributed by atoms with E-state index in [9.17, 15) is 4.79 Å². The van der Waals surface area contributed by atoms with Gasteiger partial charge in [-0.2, -0.15) is 0 Å². The van der Waals surface area contributed by atoms with Crippen molar-refractivity contribution < 1.29 is 4.79 Å². The lowest BCUT2D eigenvalue weighted by Crippen LogP contribution is -2.33. The summed E-state index contributed by atoms with van der Waals surface area (Å²) in [4.78, 5) is 13.9. The molecule has 7 rings (SSSR count). The van der Waals surface area contributed by atoms with Gasteiger partial charge in [-0.3, -0.25) is 4.79 Å². The third-order valence-electron chi connectivity index (χ3n) is 8.23. The molecular formula is C34H28Cl2N2O. The molecule has 5 heteroatoms. The molecule has 1 atom stereocenters. The molecule has 3 nitrogen and oxygen atoms in total. The summed E-state index contributed by atoms with van der Waals surface area (Å²) in [5.74, 6) is 0.231. The van der Waals surface area contributed by atoms with Gasteiger partial charge in [-0.25, -0.2) is 0 Å². The number of nitrogens with one attached hydrogen (secondary N) is 1. The molecule has 5 aromatic rings. The Hall–Kier alpha value is -3.53. The Bertz CT molecular complexity index is 1850. The number of allylic oxidation sites excluding steroid dienone is 1. The standard InChI is InChI=1S/C34H28Cl2N2O/c1-34(2)16-25-31-23-8-4-3-7-20(23)12-14-28(31)37-33(32(25)30(39)17-34)26-19-38(29-10-6-5-9-24(26)29)18-21-11-13-22(35)15-27(21)36/h3-15,19,33,37H,16-18H2,1-2H3/t33-/m1/s1. The minimum absolute atomic E-state index is 0.0919. The van der Waals surface area contributed by atoms with Gasteiger partial charge in [0.25, 0.3) is 0 Å². The van der Waals surface area contributed by atoms with Crippen LogP contribution in [0.4, 0.5) is 5.69 Å². The summed E-state index contributed by atoms with van der Waals surface area (Å²) in [5.41, 5.74) is 7.47. The van der Waals surface area contributed by atoms with Crippen LogP contribution in [0.3, 0.4) is 0 Å². The molecule has 2 aliphatic rings. The van der Waals surface area contributed by atoms with Gasteiger partial charge in [-0.1, -0.05) is 91.6 Å². The zero-order chi connectivity index (χ0) is 26.9. The second-order valence-corrected chi connectivity index (χ2v) is 12.4. The highest BCUT2D eigenvalue weighted by atomic mass is 35.5. The zero-order valence-electron chi connectivity index (χ0n) is 21.9. The fourth-order valence-electron chi connectivity index (χ4n) is 6.54. The van der Waals surface area contributed by atoms with Gasteiger partial charge in [0.15, 0.2) is 5.78 Å². The summed E-state index contributed by atoms with van der Waals surface area (Å²) in [5, 5.41) is 8.60. The SMILES string of the molecule is CC1(C)CC(=O)C2=C(C1)c1c(ccc3ccccc13)N[C@@H]2c1cn(Cc2ccc(Cl)cc2Cl)c2ccccc12. The number of ketones is 1. The molecule has 0 radical (unpaired) electrons. The molecule has 0 saturated heterocycles. The molecule has 1 aliphatic heterocycles. The molecular weight excluding hydrogens is 523 g/mol. The van der Waals surface area contributed by atoms with E-state index < -0.39 is 0 Å².